The monoisotopic (exact) mass is 371 g/mol. The van der Waals surface area contributed by atoms with Gasteiger partial charge in [0.25, 0.3) is 5.69 Å². The molecule has 134 valence electrons. The fourth-order valence-corrected chi connectivity index (χ4v) is 3.45. The molecular weight excluding hydrogens is 356 g/mol. The number of hydrogen-bond acceptors (Lipinski definition) is 5. The molecule has 0 saturated heterocycles. The van der Waals surface area contributed by atoms with Crippen LogP contribution < -0.4 is 5.73 Å². The lowest BCUT2D eigenvalue weighted by Crippen LogP contribution is -2.34. The summed E-state index contributed by atoms with van der Waals surface area (Å²) < 4.78 is 53.2. The summed E-state index contributed by atoms with van der Waals surface area (Å²) in [5.41, 5.74) is 5.09. The number of nitro groups is 1. The van der Waals surface area contributed by atoms with Crippen LogP contribution in [0.1, 0.15) is 11.6 Å². The Hall–Kier alpha value is -2.43. The third-order valence-electron chi connectivity index (χ3n) is 3.58. The van der Waals surface area contributed by atoms with E-state index in [1.807, 2.05) is 0 Å². The second kappa shape index (κ2) is 7.21. The predicted octanol–water partition coefficient (Wildman–Crippen LogP) is 2.19. The summed E-state index contributed by atoms with van der Waals surface area (Å²) in [5, 5.41) is 10.6. The lowest BCUT2D eigenvalue weighted by Gasteiger charge is -2.22. The Kier molecular flexibility index (Phi) is 5.45. The molecule has 2 aromatic rings. The molecule has 10 heteroatoms. The van der Waals surface area contributed by atoms with Crippen molar-refractivity contribution in [2.45, 2.75) is 10.9 Å². The van der Waals surface area contributed by atoms with Crippen LogP contribution in [0.2, 0.25) is 0 Å². The first-order chi connectivity index (χ1) is 11.6. The van der Waals surface area contributed by atoms with Crippen molar-refractivity contribution < 1.29 is 22.1 Å². The molecule has 0 aromatic heterocycles. The van der Waals surface area contributed by atoms with Gasteiger partial charge in [-0.05, 0) is 24.3 Å². The highest BCUT2D eigenvalue weighted by atomic mass is 32.2. The molecule has 2 aromatic carbocycles. The van der Waals surface area contributed by atoms with Gasteiger partial charge in [0.15, 0.2) is 0 Å². The topological polar surface area (TPSA) is 107 Å². The van der Waals surface area contributed by atoms with Gasteiger partial charge >= 0.3 is 0 Å². The Balaban J connectivity index is 2.24. The molecule has 0 aliphatic heterocycles. The molecule has 25 heavy (non-hydrogen) atoms. The predicted molar refractivity (Wildman–Crippen MR) is 86.2 cm³/mol. The molecule has 2 N–H and O–H groups in total. The molecule has 0 aliphatic rings. The van der Waals surface area contributed by atoms with Crippen molar-refractivity contribution in [3.05, 3.63) is 69.8 Å². The number of rotatable bonds is 6. The van der Waals surface area contributed by atoms with Crippen molar-refractivity contribution in [3.63, 3.8) is 0 Å². The Labute approximate surface area is 142 Å². The summed E-state index contributed by atoms with van der Waals surface area (Å²) in [7, 11) is -2.82. The Morgan fingerprint density at radius 2 is 1.68 bits per heavy atom. The van der Waals surface area contributed by atoms with Crippen molar-refractivity contribution >= 4 is 15.7 Å². The molecule has 0 fully saturated rings. The van der Waals surface area contributed by atoms with E-state index in [2.05, 4.69) is 0 Å². The van der Waals surface area contributed by atoms with Gasteiger partial charge in [-0.2, -0.15) is 4.31 Å². The quantitative estimate of drug-likeness (QED) is 0.619. The van der Waals surface area contributed by atoms with E-state index in [4.69, 9.17) is 5.73 Å². The summed E-state index contributed by atoms with van der Waals surface area (Å²) >= 11 is 0. The van der Waals surface area contributed by atoms with Crippen molar-refractivity contribution in [2.75, 3.05) is 13.6 Å². The van der Waals surface area contributed by atoms with Crippen molar-refractivity contribution in [1.29, 1.82) is 0 Å². The largest absolute Gasteiger partial charge is 0.323 e. The van der Waals surface area contributed by atoms with Gasteiger partial charge in [0.05, 0.1) is 9.82 Å². The standard InChI is InChI=1S/C15H15F2N3O4S/c1-19(9-14(18)15-12(16)3-2-4-13(15)17)25(23,24)11-7-5-10(6-8-11)20(21)22/h2-8,14H,9,18H2,1H3/t14-/m1/s1. The molecule has 0 heterocycles. The van der Waals surface area contributed by atoms with E-state index in [1.54, 1.807) is 0 Å². The van der Waals surface area contributed by atoms with Gasteiger partial charge in [-0.25, -0.2) is 17.2 Å². The Morgan fingerprint density at radius 1 is 1.16 bits per heavy atom. The van der Waals surface area contributed by atoms with Crippen LogP contribution in [0.4, 0.5) is 14.5 Å². The molecule has 0 bridgehead atoms. The second-order valence-corrected chi connectivity index (χ2v) is 7.32. The van der Waals surface area contributed by atoms with E-state index in [0.29, 0.717) is 0 Å². The van der Waals surface area contributed by atoms with Crippen LogP contribution in [0.3, 0.4) is 0 Å². The van der Waals surface area contributed by atoms with E-state index in [-0.39, 0.29) is 17.1 Å². The number of non-ortho nitro benzene ring substituents is 1. The van der Waals surface area contributed by atoms with Gasteiger partial charge in [-0.15, -0.1) is 0 Å². The number of benzene rings is 2. The first kappa shape index (κ1) is 18.9. The molecule has 0 radical (unpaired) electrons. The highest BCUT2D eigenvalue weighted by Crippen LogP contribution is 2.23. The lowest BCUT2D eigenvalue weighted by molar-refractivity contribution is -0.384. The summed E-state index contributed by atoms with van der Waals surface area (Å²) in [5.74, 6) is -1.73. The zero-order chi connectivity index (χ0) is 18.8. The van der Waals surface area contributed by atoms with Gasteiger partial charge in [-0.3, -0.25) is 10.1 Å². The summed E-state index contributed by atoms with van der Waals surface area (Å²) in [6.45, 7) is -0.378. The SMILES string of the molecule is CN(C[C@@H](N)c1c(F)cccc1F)S(=O)(=O)c1ccc([N+](=O)[O-])cc1. The molecular formula is C15H15F2N3O4S. The smallest absolute Gasteiger partial charge is 0.269 e. The van der Waals surface area contributed by atoms with Crippen molar-refractivity contribution in [3.8, 4) is 0 Å². The van der Waals surface area contributed by atoms with Gasteiger partial charge in [0, 0.05) is 37.3 Å². The van der Waals surface area contributed by atoms with Crippen molar-refractivity contribution in [2.24, 2.45) is 5.73 Å². The molecule has 7 nitrogen and oxygen atoms in total. The molecule has 0 aliphatic carbocycles. The Bertz CT molecular complexity index is 868. The van der Waals surface area contributed by atoms with Crippen molar-refractivity contribution in [1.82, 2.24) is 4.31 Å². The summed E-state index contributed by atoms with van der Waals surface area (Å²) in [4.78, 5) is 9.77. The van der Waals surface area contributed by atoms with E-state index < -0.39 is 38.2 Å². The van der Waals surface area contributed by atoms with Crippen LogP contribution in [0, 0.1) is 21.7 Å². The second-order valence-electron chi connectivity index (χ2n) is 5.28. The minimum absolute atomic E-state index is 0.193. The number of likely N-dealkylation sites (N-methyl/N-ethyl adjacent to an activating group) is 1. The van der Waals surface area contributed by atoms with Crippen LogP contribution in [0.25, 0.3) is 0 Å². The third kappa shape index (κ3) is 3.98. The number of nitrogens with two attached hydrogens (primary N) is 1. The highest BCUT2D eigenvalue weighted by Gasteiger charge is 2.26. The lowest BCUT2D eigenvalue weighted by atomic mass is 10.1. The first-order valence-electron chi connectivity index (χ1n) is 7.05. The van der Waals surface area contributed by atoms with Crippen LogP contribution in [-0.2, 0) is 10.0 Å². The fourth-order valence-electron chi connectivity index (χ4n) is 2.25. The number of nitrogens with zero attached hydrogens (tertiary/aromatic N) is 2. The molecule has 0 unspecified atom stereocenters. The van der Waals surface area contributed by atoms with E-state index in [1.165, 1.54) is 13.1 Å². The maximum Gasteiger partial charge on any atom is 0.269 e. The average molecular weight is 371 g/mol. The van der Waals surface area contributed by atoms with E-state index >= 15 is 0 Å². The third-order valence-corrected chi connectivity index (χ3v) is 5.42. The molecule has 0 spiro atoms. The fraction of sp³-hybridized carbons (Fsp3) is 0.200. The van der Waals surface area contributed by atoms with E-state index in [0.717, 1.165) is 40.7 Å². The molecule has 0 amide bonds. The van der Waals surface area contributed by atoms with Crippen LogP contribution in [-0.4, -0.2) is 31.2 Å². The van der Waals surface area contributed by atoms with Crippen LogP contribution in [0.15, 0.2) is 47.4 Å². The zero-order valence-corrected chi connectivity index (χ0v) is 13.9. The van der Waals surface area contributed by atoms with Gasteiger partial charge in [0.2, 0.25) is 10.0 Å². The number of sulfonamides is 1. The summed E-state index contributed by atoms with van der Waals surface area (Å²) in [6.07, 6.45) is 0. The number of halogens is 2. The van der Waals surface area contributed by atoms with Crippen LogP contribution >= 0.6 is 0 Å². The van der Waals surface area contributed by atoms with E-state index in [9.17, 15) is 27.3 Å². The molecule has 1 atom stereocenters. The maximum atomic E-state index is 13.7. The molecule has 2 rings (SSSR count). The first-order valence-corrected chi connectivity index (χ1v) is 8.49. The minimum Gasteiger partial charge on any atom is -0.323 e. The zero-order valence-electron chi connectivity index (χ0n) is 13.1. The van der Waals surface area contributed by atoms with Crippen LogP contribution in [0.5, 0.6) is 0 Å². The number of hydrogen-bond donors (Lipinski definition) is 1. The van der Waals surface area contributed by atoms with Gasteiger partial charge in [0.1, 0.15) is 11.6 Å². The minimum atomic E-state index is -4.02. The van der Waals surface area contributed by atoms with Gasteiger partial charge < -0.3 is 5.73 Å². The highest BCUT2D eigenvalue weighted by molar-refractivity contribution is 7.89. The Morgan fingerprint density at radius 3 is 2.16 bits per heavy atom. The average Bonchev–Trinajstić information content (AvgIpc) is 2.54. The summed E-state index contributed by atoms with van der Waals surface area (Å²) in [6, 6.07) is 6.29. The normalized spacial score (nSPS) is 13.0. The number of nitro benzene ring substituents is 1. The van der Waals surface area contributed by atoms with Gasteiger partial charge in [-0.1, -0.05) is 6.07 Å². The molecule has 0 saturated carbocycles. The maximum absolute atomic E-state index is 13.7.